The van der Waals surface area contributed by atoms with E-state index >= 15 is 0 Å². The molecule has 0 saturated carbocycles. The second-order valence-corrected chi connectivity index (χ2v) is 17.8. The summed E-state index contributed by atoms with van der Waals surface area (Å²) in [5.74, 6) is 1.77. The van der Waals surface area contributed by atoms with Crippen LogP contribution in [-0.2, 0) is 5.41 Å². The van der Waals surface area contributed by atoms with Crippen molar-refractivity contribution in [3.63, 3.8) is 0 Å². The topological polar surface area (TPSA) is 51.8 Å². The standard InChI is InChI=1S/C64H39N3O/c1-3-18-40(19-4-1)42-22-15-23-44(38-42)61-65-62(51-28-8-7-24-45(51)41-20-5-2-6-21-41)67-63(66-61)52-31-17-35-58-59(52)53-39-43(36-37-57(53)68-58)46-29-16-30-50-49-27-11-14-34-56(49)64(60(46)50)54-32-12-9-25-47(54)48-26-10-13-33-55(48)64/h1-39H. The highest BCUT2D eigenvalue weighted by Gasteiger charge is 2.52. The van der Waals surface area contributed by atoms with Crippen molar-refractivity contribution in [1.82, 2.24) is 15.0 Å². The summed E-state index contributed by atoms with van der Waals surface area (Å²) in [4.78, 5) is 16.0. The van der Waals surface area contributed by atoms with Gasteiger partial charge in [0, 0.05) is 27.5 Å². The van der Waals surface area contributed by atoms with Gasteiger partial charge in [-0.25, -0.2) is 15.0 Å². The van der Waals surface area contributed by atoms with Gasteiger partial charge in [-0.1, -0.05) is 212 Å². The zero-order chi connectivity index (χ0) is 44.8. The normalized spacial score (nSPS) is 12.8. The average Bonchev–Trinajstić information content (AvgIpc) is 4.05. The van der Waals surface area contributed by atoms with Crippen LogP contribution in [0.25, 0.3) is 112 Å². The second kappa shape index (κ2) is 15.0. The summed E-state index contributed by atoms with van der Waals surface area (Å²) in [6, 6.07) is 84.4. The Bertz CT molecular complexity index is 3920. The van der Waals surface area contributed by atoms with Gasteiger partial charge in [0.2, 0.25) is 0 Å². The smallest absolute Gasteiger partial charge is 0.164 e. The van der Waals surface area contributed by atoms with Crippen LogP contribution in [0.4, 0.5) is 0 Å². The fraction of sp³-hybridized carbons (Fsp3) is 0.0156. The number of hydrogen-bond acceptors (Lipinski definition) is 4. The van der Waals surface area contributed by atoms with Crippen molar-refractivity contribution in [3.8, 4) is 89.8 Å². The molecular weight excluding hydrogens is 827 g/mol. The summed E-state index contributed by atoms with van der Waals surface area (Å²) in [5, 5.41) is 1.96. The van der Waals surface area contributed by atoms with Crippen LogP contribution in [-0.4, -0.2) is 15.0 Å². The van der Waals surface area contributed by atoms with Crippen molar-refractivity contribution in [2.75, 3.05) is 0 Å². The maximum Gasteiger partial charge on any atom is 0.164 e. The lowest BCUT2D eigenvalue weighted by molar-refractivity contribution is 0.669. The van der Waals surface area contributed by atoms with Crippen molar-refractivity contribution in [2.24, 2.45) is 0 Å². The zero-order valence-electron chi connectivity index (χ0n) is 36.8. The van der Waals surface area contributed by atoms with E-state index in [1.165, 1.54) is 50.1 Å². The Morgan fingerprint density at radius 2 is 0.765 bits per heavy atom. The first-order chi connectivity index (χ1) is 33.7. The number of rotatable bonds is 6. The Morgan fingerprint density at radius 3 is 1.47 bits per heavy atom. The van der Waals surface area contributed by atoms with Gasteiger partial charge in [0.25, 0.3) is 0 Å². The lowest BCUT2D eigenvalue weighted by Gasteiger charge is -2.32. The molecule has 68 heavy (non-hydrogen) atoms. The Balaban J connectivity index is 0.995. The lowest BCUT2D eigenvalue weighted by Crippen LogP contribution is -2.26. The highest BCUT2D eigenvalue weighted by Crippen LogP contribution is 2.64. The maximum absolute atomic E-state index is 6.74. The number of benzene rings is 10. The molecule has 0 unspecified atom stereocenters. The summed E-state index contributed by atoms with van der Waals surface area (Å²) in [6.45, 7) is 0. The molecule has 4 heteroatoms. The predicted octanol–water partition coefficient (Wildman–Crippen LogP) is 16.1. The highest BCUT2D eigenvalue weighted by molar-refractivity contribution is 6.13. The van der Waals surface area contributed by atoms with Gasteiger partial charge in [-0.3, -0.25) is 0 Å². The van der Waals surface area contributed by atoms with E-state index in [2.05, 4.69) is 212 Å². The molecule has 4 nitrogen and oxygen atoms in total. The van der Waals surface area contributed by atoms with Crippen LogP contribution in [0.3, 0.4) is 0 Å². The van der Waals surface area contributed by atoms with Crippen molar-refractivity contribution in [3.05, 3.63) is 259 Å². The Morgan fingerprint density at radius 1 is 0.279 bits per heavy atom. The third-order valence-corrected chi connectivity index (χ3v) is 14.2. The van der Waals surface area contributed by atoms with Gasteiger partial charge in [0.15, 0.2) is 17.5 Å². The molecule has 2 heterocycles. The Hall–Kier alpha value is -8.99. The van der Waals surface area contributed by atoms with Gasteiger partial charge < -0.3 is 4.42 Å². The fourth-order valence-corrected chi connectivity index (χ4v) is 11.3. The minimum atomic E-state index is -0.486. The monoisotopic (exact) mass is 865 g/mol. The molecule has 0 radical (unpaired) electrons. The molecule has 2 aliphatic rings. The van der Waals surface area contributed by atoms with Crippen molar-refractivity contribution >= 4 is 21.9 Å². The van der Waals surface area contributed by atoms with Gasteiger partial charge in [-0.2, -0.15) is 0 Å². The van der Waals surface area contributed by atoms with Crippen LogP contribution in [0.5, 0.6) is 0 Å². The van der Waals surface area contributed by atoms with Crippen LogP contribution in [0.1, 0.15) is 22.3 Å². The van der Waals surface area contributed by atoms with E-state index in [-0.39, 0.29) is 0 Å². The molecule has 1 spiro atoms. The van der Waals surface area contributed by atoms with Crippen LogP contribution in [0, 0.1) is 0 Å². The molecular formula is C64H39N3O. The molecule has 0 fully saturated rings. The first-order valence-corrected chi connectivity index (χ1v) is 23.2. The third kappa shape index (κ3) is 5.64. The van der Waals surface area contributed by atoms with E-state index in [0.717, 1.165) is 66.4 Å². The highest BCUT2D eigenvalue weighted by atomic mass is 16.3. The number of aromatic nitrogens is 3. The quantitative estimate of drug-likeness (QED) is 0.167. The van der Waals surface area contributed by atoms with Crippen molar-refractivity contribution in [1.29, 1.82) is 0 Å². The number of nitrogens with zero attached hydrogens (tertiary/aromatic N) is 3. The minimum absolute atomic E-state index is 0.486. The summed E-state index contributed by atoms with van der Waals surface area (Å²) in [6.07, 6.45) is 0. The SMILES string of the molecule is c1ccc(-c2cccc(-c3nc(-c4ccccc4-c4ccccc4)nc(-c4cccc5oc6ccc(-c7cccc8c7C7(c9ccccc9-c9ccccc97)c7ccccc7-8)cc6c45)n3)c2)cc1. The molecule has 0 atom stereocenters. The summed E-state index contributed by atoms with van der Waals surface area (Å²) >= 11 is 0. The molecule has 0 aliphatic heterocycles. The van der Waals surface area contributed by atoms with E-state index in [1.807, 2.05) is 24.3 Å². The first kappa shape index (κ1) is 38.3. The first-order valence-electron chi connectivity index (χ1n) is 23.2. The van der Waals surface area contributed by atoms with E-state index in [4.69, 9.17) is 19.4 Å². The van der Waals surface area contributed by atoms with Crippen molar-refractivity contribution < 1.29 is 4.42 Å². The lowest BCUT2D eigenvalue weighted by atomic mass is 9.68. The summed E-state index contributed by atoms with van der Waals surface area (Å²) in [5.41, 5.74) is 20.9. The Labute approximate surface area is 393 Å². The molecule has 0 N–H and O–H groups in total. The average molecular weight is 866 g/mol. The van der Waals surface area contributed by atoms with Gasteiger partial charge in [-0.05, 0) is 102 Å². The van der Waals surface area contributed by atoms with Gasteiger partial charge in [0.05, 0.1) is 5.41 Å². The molecule has 0 amide bonds. The molecule has 10 aromatic carbocycles. The molecule has 14 rings (SSSR count). The predicted molar refractivity (Wildman–Crippen MR) is 276 cm³/mol. The van der Waals surface area contributed by atoms with E-state index in [0.29, 0.717) is 17.5 Å². The van der Waals surface area contributed by atoms with Crippen LogP contribution in [0.2, 0.25) is 0 Å². The third-order valence-electron chi connectivity index (χ3n) is 14.2. The molecule has 0 bridgehead atoms. The van der Waals surface area contributed by atoms with E-state index in [9.17, 15) is 0 Å². The number of hydrogen-bond donors (Lipinski definition) is 0. The second-order valence-electron chi connectivity index (χ2n) is 17.8. The zero-order valence-corrected chi connectivity index (χ0v) is 36.8. The number of furan rings is 1. The van der Waals surface area contributed by atoms with Crippen LogP contribution < -0.4 is 0 Å². The van der Waals surface area contributed by atoms with Gasteiger partial charge >= 0.3 is 0 Å². The van der Waals surface area contributed by atoms with Gasteiger partial charge in [0.1, 0.15) is 11.2 Å². The van der Waals surface area contributed by atoms with Crippen LogP contribution in [0.15, 0.2) is 241 Å². The van der Waals surface area contributed by atoms with Crippen LogP contribution >= 0.6 is 0 Å². The molecule has 0 saturated heterocycles. The number of fused-ring (bicyclic) bond motifs is 13. The largest absolute Gasteiger partial charge is 0.456 e. The summed E-state index contributed by atoms with van der Waals surface area (Å²) < 4.78 is 6.74. The fourth-order valence-electron chi connectivity index (χ4n) is 11.3. The Kier molecular flexibility index (Phi) is 8.46. The molecule has 316 valence electrons. The van der Waals surface area contributed by atoms with Gasteiger partial charge in [-0.15, -0.1) is 0 Å². The van der Waals surface area contributed by atoms with E-state index in [1.54, 1.807) is 0 Å². The minimum Gasteiger partial charge on any atom is -0.456 e. The molecule has 12 aromatic rings. The molecule has 2 aromatic heterocycles. The van der Waals surface area contributed by atoms with Crippen molar-refractivity contribution in [2.45, 2.75) is 5.41 Å². The summed E-state index contributed by atoms with van der Waals surface area (Å²) in [7, 11) is 0. The van der Waals surface area contributed by atoms with E-state index < -0.39 is 5.41 Å². The maximum atomic E-state index is 6.74. The molecule has 2 aliphatic carbocycles.